The number of hydrogen-bond donors (Lipinski definition) is 3. The third-order valence-corrected chi connectivity index (χ3v) is 5.12. The maximum Gasteiger partial charge on any atom is 0.229 e. The van der Waals surface area contributed by atoms with E-state index in [1.807, 2.05) is 37.4 Å². The Labute approximate surface area is 157 Å². The fraction of sp³-hybridized carbons (Fsp3) is 0.350. The van der Waals surface area contributed by atoms with E-state index in [2.05, 4.69) is 20.7 Å². The predicted octanol–water partition coefficient (Wildman–Crippen LogP) is 2.14. The summed E-state index contributed by atoms with van der Waals surface area (Å²) in [6.45, 7) is 2.06. The van der Waals surface area contributed by atoms with Crippen LogP contribution in [0.15, 0.2) is 46.7 Å². The molecule has 3 N–H and O–H groups in total. The van der Waals surface area contributed by atoms with Gasteiger partial charge in [-0.2, -0.15) is 0 Å². The predicted molar refractivity (Wildman–Crippen MR) is 104 cm³/mol. The average molecular weight is 365 g/mol. The van der Waals surface area contributed by atoms with Crippen LogP contribution in [0.5, 0.6) is 0 Å². The van der Waals surface area contributed by atoms with E-state index in [9.17, 15) is 4.79 Å². The lowest BCUT2D eigenvalue weighted by Crippen LogP contribution is -2.36. The Morgan fingerprint density at radius 1 is 1.37 bits per heavy atom. The number of nitrogens with zero attached hydrogens (tertiary/aromatic N) is 2. The van der Waals surface area contributed by atoms with Crippen molar-refractivity contribution in [3.8, 4) is 0 Å². The van der Waals surface area contributed by atoms with Gasteiger partial charge < -0.3 is 25.5 Å². The quantitative estimate of drug-likeness (QED) is 0.758. The molecule has 0 bridgehead atoms. The third-order valence-electron chi connectivity index (χ3n) is 5.12. The maximum absolute atomic E-state index is 12.8. The topological polar surface area (TPSA) is 94.2 Å². The molecule has 1 amide bonds. The molecule has 140 valence electrons. The van der Waals surface area contributed by atoms with E-state index in [0.29, 0.717) is 31.6 Å². The fourth-order valence-electron chi connectivity index (χ4n) is 3.58. The van der Waals surface area contributed by atoms with E-state index in [4.69, 9.17) is 9.93 Å². The molecule has 7 heteroatoms. The number of nitrogens with one attached hydrogen (secondary N) is 3. The molecule has 0 saturated carbocycles. The molecule has 1 aromatic carbocycles. The molecule has 4 rings (SSSR count). The summed E-state index contributed by atoms with van der Waals surface area (Å²) in [7, 11) is 2.05. The largest absolute Gasteiger partial charge is 0.382 e. The summed E-state index contributed by atoms with van der Waals surface area (Å²) >= 11 is 0. The lowest BCUT2D eigenvalue weighted by Gasteiger charge is -2.27. The van der Waals surface area contributed by atoms with Gasteiger partial charge in [0.05, 0.1) is 11.6 Å². The number of benzene rings is 1. The molecule has 2 aromatic rings. The molecule has 2 aliphatic heterocycles. The molecule has 7 nitrogen and oxygen atoms in total. The van der Waals surface area contributed by atoms with Gasteiger partial charge in [0.15, 0.2) is 0 Å². The van der Waals surface area contributed by atoms with Crippen LogP contribution in [0.1, 0.15) is 17.7 Å². The van der Waals surface area contributed by atoms with E-state index in [-0.39, 0.29) is 11.8 Å². The lowest BCUT2D eigenvalue weighted by atomic mass is 9.97. The van der Waals surface area contributed by atoms with Crippen molar-refractivity contribution < 1.29 is 9.32 Å². The van der Waals surface area contributed by atoms with Crippen molar-refractivity contribution in [1.82, 2.24) is 15.4 Å². The molecular weight excluding hydrogens is 342 g/mol. The van der Waals surface area contributed by atoms with Crippen molar-refractivity contribution in [3.05, 3.63) is 53.4 Å². The van der Waals surface area contributed by atoms with Crippen LogP contribution in [-0.4, -0.2) is 48.4 Å². The van der Waals surface area contributed by atoms with Crippen LogP contribution < -0.4 is 10.6 Å². The first-order valence-corrected chi connectivity index (χ1v) is 9.14. The number of piperidine rings is 1. The van der Waals surface area contributed by atoms with Crippen LogP contribution >= 0.6 is 0 Å². The standard InChI is InChI=1S/C20H23N5O2/c1-25-8-7-17(21)16(11-25)19-18-14(12-27-24-18)9-13(10-22-19)20(26)23-15-5-3-2-4-6-15/h2-6,12-13,21-22H,7-11H2,1H3,(H,23,26)/b19-16-,21-17?. The minimum Gasteiger partial charge on any atom is -0.382 e. The van der Waals surface area contributed by atoms with E-state index in [1.165, 1.54) is 0 Å². The minimum absolute atomic E-state index is 0.0389. The normalized spacial score (nSPS) is 23.3. The molecule has 1 saturated heterocycles. The Bertz CT molecular complexity index is 887. The monoisotopic (exact) mass is 365 g/mol. The average Bonchev–Trinajstić information content (AvgIpc) is 3.05. The number of likely N-dealkylation sites (N-methyl/N-ethyl adjacent to an activating group) is 1. The number of likely N-dealkylation sites (tertiary alicyclic amines) is 1. The van der Waals surface area contributed by atoms with Gasteiger partial charge in [-0.1, -0.05) is 23.4 Å². The summed E-state index contributed by atoms with van der Waals surface area (Å²) in [5, 5.41) is 18.9. The van der Waals surface area contributed by atoms with Crippen LogP contribution in [0.25, 0.3) is 5.70 Å². The van der Waals surface area contributed by atoms with Gasteiger partial charge in [-0.25, -0.2) is 0 Å². The van der Waals surface area contributed by atoms with E-state index < -0.39 is 0 Å². The molecule has 1 atom stereocenters. The van der Waals surface area contributed by atoms with Crippen molar-refractivity contribution in [2.24, 2.45) is 5.92 Å². The van der Waals surface area contributed by atoms with Gasteiger partial charge in [0.2, 0.25) is 5.91 Å². The number of aromatic nitrogens is 1. The Morgan fingerprint density at radius 2 is 2.19 bits per heavy atom. The van der Waals surface area contributed by atoms with Crippen LogP contribution in [-0.2, 0) is 11.2 Å². The smallest absolute Gasteiger partial charge is 0.229 e. The van der Waals surface area contributed by atoms with Crippen LogP contribution in [0.3, 0.4) is 0 Å². The highest BCUT2D eigenvalue weighted by molar-refractivity contribution is 6.05. The molecule has 1 unspecified atom stereocenters. The Hall–Kier alpha value is -2.93. The van der Waals surface area contributed by atoms with Crippen LogP contribution in [0, 0.1) is 11.3 Å². The number of fused-ring (bicyclic) bond motifs is 1. The van der Waals surface area contributed by atoms with Crippen LogP contribution in [0.2, 0.25) is 0 Å². The van der Waals surface area contributed by atoms with Crippen molar-refractivity contribution in [2.45, 2.75) is 12.8 Å². The van der Waals surface area contributed by atoms with Gasteiger partial charge in [0.25, 0.3) is 0 Å². The minimum atomic E-state index is -0.253. The van der Waals surface area contributed by atoms with Crippen molar-refractivity contribution in [1.29, 1.82) is 5.41 Å². The number of amides is 1. The lowest BCUT2D eigenvalue weighted by molar-refractivity contribution is -0.119. The molecule has 27 heavy (non-hydrogen) atoms. The second-order valence-electron chi connectivity index (χ2n) is 7.15. The molecular formula is C20H23N5O2. The Balaban J connectivity index is 1.60. The van der Waals surface area contributed by atoms with Crippen molar-refractivity contribution >= 4 is 23.0 Å². The number of carbonyl (C=O) groups excluding carboxylic acids is 1. The summed E-state index contributed by atoms with van der Waals surface area (Å²) < 4.78 is 5.21. The maximum atomic E-state index is 12.8. The Morgan fingerprint density at radius 3 is 3.00 bits per heavy atom. The summed E-state index contributed by atoms with van der Waals surface area (Å²) in [6, 6.07) is 9.46. The first kappa shape index (κ1) is 17.5. The number of hydrogen-bond acceptors (Lipinski definition) is 6. The van der Waals surface area contributed by atoms with Crippen LogP contribution in [0.4, 0.5) is 5.69 Å². The Kier molecular flexibility index (Phi) is 4.77. The molecule has 0 radical (unpaired) electrons. The second-order valence-corrected chi connectivity index (χ2v) is 7.15. The molecule has 1 fully saturated rings. The van der Waals surface area contributed by atoms with E-state index in [1.54, 1.807) is 6.26 Å². The van der Waals surface area contributed by atoms with Gasteiger partial charge in [-0.3, -0.25) is 4.79 Å². The number of carbonyl (C=O) groups is 1. The highest BCUT2D eigenvalue weighted by atomic mass is 16.5. The number of para-hydroxylation sites is 1. The van der Waals surface area contributed by atoms with Gasteiger partial charge in [0.1, 0.15) is 12.0 Å². The van der Waals surface area contributed by atoms with Crippen molar-refractivity contribution in [3.63, 3.8) is 0 Å². The van der Waals surface area contributed by atoms with Gasteiger partial charge in [-0.15, -0.1) is 0 Å². The van der Waals surface area contributed by atoms with E-state index in [0.717, 1.165) is 34.8 Å². The molecule has 1 aromatic heterocycles. The number of anilines is 1. The highest BCUT2D eigenvalue weighted by Gasteiger charge is 2.30. The van der Waals surface area contributed by atoms with Gasteiger partial charge >= 0.3 is 0 Å². The summed E-state index contributed by atoms with van der Waals surface area (Å²) in [5.41, 5.74) is 4.79. The summed E-state index contributed by atoms with van der Waals surface area (Å²) in [6.07, 6.45) is 2.87. The first-order chi connectivity index (χ1) is 13.1. The summed E-state index contributed by atoms with van der Waals surface area (Å²) in [4.78, 5) is 15.0. The van der Waals surface area contributed by atoms with Gasteiger partial charge in [-0.05, 0) is 25.6 Å². The van der Waals surface area contributed by atoms with Crippen molar-refractivity contribution in [2.75, 3.05) is 32.0 Å². The fourth-order valence-corrected chi connectivity index (χ4v) is 3.58. The zero-order valence-corrected chi connectivity index (χ0v) is 15.3. The molecule has 3 heterocycles. The highest BCUT2D eigenvalue weighted by Crippen LogP contribution is 2.28. The SMILES string of the molecule is CN1CCC(=N)/C(=C2\NCC(C(=O)Nc3ccccc3)Cc3conc32)C1. The van der Waals surface area contributed by atoms with Gasteiger partial charge in [0, 0.05) is 48.6 Å². The second kappa shape index (κ2) is 7.36. The third kappa shape index (κ3) is 3.64. The zero-order chi connectivity index (χ0) is 18.8. The summed E-state index contributed by atoms with van der Waals surface area (Å²) in [5.74, 6) is -0.292. The first-order valence-electron chi connectivity index (χ1n) is 9.14. The molecule has 0 spiro atoms. The zero-order valence-electron chi connectivity index (χ0n) is 15.3. The molecule has 0 aliphatic carbocycles. The molecule has 2 aliphatic rings. The number of rotatable bonds is 2. The van der Waals surface area contributed by atoms with E-state index >= 15 is 0 Å².